The normalized spacial score (nSPS) is 22.5. The van der Waals surface area contributed by atoms with Crippen molar-refractivity contribution in [3.63, 3.8) is 0 Å². The molecule has 0 radical (unpaired) electrons. The Bertz CT molecular complexity index is 450. The Hall–Kier alpha value is -1.40. The molecule has 1 fully saturated rings. The molecule has 1 aromatic carbocycles. The molecule has 3 heteroatoms. The van der Waals surface area contributed by atoms with Crippen molar-refractivity contribution >= 4 is 0 Å². The van der Waals surface area contributed by atoms with Crippen molar-refractivity contribution in [3.8, 4) is 6.07 Å². The van der Waals surface area contributed by atoms with Crippen LogP contribution in [-0.4, -0.2) is 18.5 Å². The zero-order valence-electron chi connectivity index (χ0n) is 10.3. The van der Waals surface area contributed by atoms with Gasteiger partial charge in [-0.1, -0.05) is 19.1 Å². The molecule has 1 aromatic rings. The number of rotatable bonds is 4. The second-order valence-corrected chi connectivity index (χ2v) is 5.06. The van der Waals surface area contributed by atoms with E-state index in [0.29, 0.717) is 12.1 Å². The molecule has 17 heavy (non-hydrogen) atoms. The van der Waals surface area contributed by atoms with E-state index in [4.69, 9.17) is 5.26 Å². The molecule has 1 aliphatic carbocycles. The van der Waals surface area contributed by atoms with Gasteiger partial charge in [0, 0.05) is 18.7 Å². The lowest BCUT2D eigenvalue weighted by atomic mass is 10.1. The molecule has 0 bridgehead atoms. The summed E-state index contributed by atoms with van der Waals surface area (Å²) >= 11 is 0. The van der Waals surface area contributed by atoms with Crippen molar-refractivity contribution in [2.45, 2.75) is 19.9 Å². The summed E-state index contributed by atoms with van der Waals surface area (Å²) < 4.78 is 13.8. The highest BCUT2D eigenvalue weighted by atomic mass is 19.1. The first-order valence-corrected chi connectivity index (χ1v) is 5.98. The molecule has 0 aromatic heterocycles. The summed E-state index contributed by atoms with van der Waals surface area (Å²) in [5, 5.41) is 8.76. The maximum atomic E-state index is 13.8. The first-order chi connectivity index (χ1) is 8.11. The van der Waals surface area contributed by atoms with Crippen LogP contribution in [0.1, 0.15) is 24.5 Å². The van der Waals surface area contributed by atoms with Gasteiger partial charge in [0.25, 0.3) is 0 Å². The third kappa shape index (κ3) is 2.83. The highest BCUT2D eigenvalue weighted by Gasteiger charge is 2.33. The van der Waals surface area contributed by atoms with Gasteiger partial charge in [-0.25, -0.2) is 4.39 Å². The largest absolute Gasteiger partial charge is 0.302 e. The van der Waals surface area contributed by atoms with E-state index < -0.39 is 0 Å². The molecule has 0 amide bonds. The van der Waals surface area contributed by atoms with Gasteiger partial charge in [0.05, 0.1) is 5.56 Å². The van der Waals surface area contributed by atoms with E-state index in [-0.39, 0.29) is 11.4 Å². The van der Waals surface area contributed by atoms with Crippen molar-refractivity contribution < 1.29 is 4.39 Å². The maximum Gasteiger partial charge on any atom is 0.145 e. The van der Waals surface area contributed by atoms with E-state index in [9.17, 15) is 4.39 Å². The number of hydrogen-bond acceptors (Lipinski definition) is 2. The van der Waals surface area contributed by atoms with Crippen molar-refractivity contribution in [1.82, 2.24) is 4.90 Å². The highest BCUT2D eigenvalue weighted by molar-refractivity contribution is 5.34. The van der Waals surface area contributed by atoms with Crippen LogP contribution < -0.4 is 0 Å². The van der Waals surface area contributed by atoms with E-state index in [1.54, 1.807) is 12.1 Å². The average Bonchev–Trinajstić information content (AvgIpc) is 2.97. The second kappa shape index (κ2) is 4.85. The van der Waals surface area contributed by atoms with Crippen LogP contribution >= 0.6 is 0 Å². The van der Waals surface area contributed by atoms with Crippen LogP contribution in [0.4, 0.5) is 4.39 Å². The molecule has 0 heterocycles. The molecule has 2 unspecified atom stereocenters. The summed E-state index contributed by atoms with van der Waals surface area (Å²) in [5.74, 6) is 1.21. The summed E-state index contributed by atoms with van der Waals surface area (Å²) in [7, 11) is 2.00. The monoisotopic (exact) mass is 232 g/mol. The van der Waals surface area contributed by atoms with E-state index in [2.05, 4.69) is 11.8 Å². The lowest BCUT2D eigenvalue weighted by Gasteiger charge is -2.17. The standard InChI is InChI=1S/C14H17FN2/c1-10-6-13(10)9-17(2)8-12-5-3-4-11(7-16)14(12)15/h3-5,10,13H,6,8-9H2,1-2H3. The van der Waals surface area contributed by atoms with Crippen LogP contribution in [0.2, 0.25) is 0 Å². The smallest absolute Gasteiger partial charge is 0.145 e. The molecular weight excluding hydrogens is 215 g/mol. The molecular formula is C14H17FN2. The average molecular weight is 232 g/mol. The van der Waals surface area contributed by atoms with Gasteiger partial charge in [-0.2, -0.15) is 5.26 Å². The summed E-state index contributed by atoms with van der Waals surface area (Å²) in [6, 6.07) is 6.88. The number of benzene rings is 1. The Kier molecular flexibility index (Phi) is 3.44. The lowest BCUT2D eigenvalue weighted by Crippen LogP contribution is -2.21. The Morgan fingerprint density at radius 1 is 1.53 bits per heavy atom. The van der Waals surface area contributed by atoms with Gasteiger partial charge in [0.2, 0.25) is 0 Å². The third-order valence-corrected chi connectivity index (χ3v) is 3.46. The predicted molar refractivity (Wildman–Crippen MR) is 64.7 cm³/mol. The Morgan fingerprint density at radius 3 is 2.82 bits per heavy atom. The Morgan fingerprint density at radius 2 is 2.24 bits per heavy atom. The minimum Gasteiger partial charge on any atom is -0.302 e. The summed E-state index contributed by atoms with van der Waals surface area (Å²) in [6.07, 6.45) is 1.28. The van der Waals surface area contributed by atoms with E-state index >= 15 is 0 Å². The third-order valence-electron chi connectivity index (χ3n) is 3.46. The lowest BCUT2D eigenvalue weighted by molar-refractivity contribution is 0.303. The molecule has 2 atom stereocenters. The van der Waals surface area contributed by atoms with Crippen molar-refractivity contribution in [2.75, 3.05) is 13.6 Å². The van der Waals surface area contributed by atoms with Crippen LogP contribution in [0.15, 0.2) is 18.2 Å². The number of nitriles is 1. The van der Waals surface area contributed by atoms with Crippen LogP contribution in [0.5, 0.6) is 0 Å². The minimum absolute atomic E-state index is 0.135. The molecule has 0 aliphatic heterocycles. The van der Waals surface area contributed by atoms with Gasteiger partial charge in [-0.05, 0) is 31.4 Å². The molecule has 1 saturated carbocycles. The van der Waals surface area contributed by atoms with Crippen LogP contribution in [-0.2, 0) is 6.54 Å². The molecule has 1 aliphatic rings. The Labute approximate surface area is 102 Å². The van der Waals surface area contributed by atoms with Crippen molar-refractivity contribution in [1.29, 1.82) is 5.26 Å². The molecule has 0 saturated heterocycles. The molecule has 2 nitrogen and oxygen atoms in total. The fourth-order valence-corrected chi connectivity index (χ4v) is 2.20. The fraction of sp³-hybridized carbons (Fsp3) is 0.500. The van der Waals surface area contributed by atoms with Gasteiger partial charge < -0.3 is 4.90 Å². The highest BCUT2D eigenvalue weighted by Crippen LogP contribution is 2.38. The topological polar surface area (TPSA) is 27.0 Å². The molecule has 90 valence electrons. The van der Waals surface area contributed by atoms with Crippen molar-refractivity contribution in [3.05, 3.63) is 35.1 Å². The second-order valence-electron chi connectivity index (χ2n) is 5.06. The maximum absolute atomic E-state index is 13.8. The zero-order chi connectivity index (χ0) is 12.4. The van der Waals surface area contributed by atoms with Crippen LogP contribution in [0, 0.1) is 29.0 Å². The van der Waals surface area contributed by atoms with Gasteiger partial charge in [0.15, 0.2) is 0 Å². The van der Waals surface area contributed by atoms with Gasteiger partial charge in [0.1, 0.15) is 11.9 Å². The molecule has 2 rings (SSSR count). The van der Waals surface area contributed by atoms with Gasteiger partial charge in [-0.3, -0.25) is 0 Å². The number of halogens is 1. The minimum atomic E-state index is -0.370. The predicted octanol–water partition coefficient (Wildman–Crippen LogP) is 2.79. The van der Waals surface area contributed by atoms with E-state index in [1.807, 2.05) is 13.1 Å². The summed E-state index contributed by atoms with van der Waals surface area (Å²) in [5.41, 5.74) is 0.746. The Balaban J connectivity index is 2.00. The summed E-state index contributed by atoms with van der Waals surface area (Å²) in [4.78, 5) is 2.13. The van der Waals surface area contributed by atoms with Crippen LogP contribution in [0.25, 0.3) is 0 Å². The quantitative estimate of drug-likeness (QED) is 0.798. The SMILES string of the molecule is CC1CC1CN(C)Cc1cccc(C#N)c1F. The molecule has 0 N–H and O–H groups in total. The first kappa shape index (κ1) is 12.1. The van der Waals surface area contributed by atoms with Crippen molar-refractivity contribution in [2.24, 2.45) is 11.8 Å². The molecule has 0 spiro atoms. The van der Waals surface area contributed by atoms with E-state index in [1.165, 1.54) is 12.5 Å². The zero-order valence-corrected chi connectivity index (χ0v) is 10.3. The van der Waals surface area contributed by atoms with Gasteiger partial charge in [-0.15, -0.1) is 0 Å². The fourth-order valence-electron chi connectivity index (χ4n) is 2.20. The van der Waals surface area contributed by atoms with Crippen LogP contribution in [0.3, 0.4) is 0 Å². The summed E-state index contributed by atoms with van der Waals surface area (Å²) in [6.45, 7) is 3.83. The number of hydrogen-bond donors (Lipinski definition) is 0. The number of nitrogens with zero attached hydrogens (tertiary/aromatic N) is 2. The van der Waals surface area contributed by atoms with E-state index in [0.717, 1.165) is 18.4 Å². The van der Waals surface area contributed by atoms with Gasteiger partial charge >= 0.3 is 0 Å². The first-order valence-electron chi connectivity index (χ1n) is 5.98.